The second-order valence-electron chi connectivity index (χ2n) is 16.1. The van der Waals surface area contributed by atoms with E-state index in [2.05, 4.69) is 29.3 Å². The third-order valence-electron chi connectivity index (χ3n) is 12.1. The molecule has 1 unspecified atom stereocenters. The maximum absolute atomic E-state index is 14.9. The van der Waals surface area contributed by atoms with Gasteiger partial charge in [-0.15, -0.1) is 0 Å². The summed E-state index contributed by atoms with van der Waals surface area (Å²) in [4.78, 5) is 53.1. The van der Waals surface area contributed by atoms with Crippen molar-refractivity contribution in [1.29, 1.82) is 0 Å². The Hall–Kier alpha value is -3.58. The van der Waals surface area contributed by atoms with E-state index >= 15 is 0 Å². The zero-order valence-electron chi connectivity index (χ0n) is 30.3. The summed E-state index contributed by atoms with van der Waals surface area (Å²) in [5.74, 6) is -1.34. The standard InChI is InChI=1S/C38H53F2N7O4/c1-38(2)12-8-27(9-13-38)47(37(50)33-5-4-20-51-33)28-22-32(36(49)44-18-16-43(3)17-19-44)46(24-28)35(48)25-11-15-45(23-25)34-30(10-14-41-42-34)29-7-6-26(39)21-31(29)40/h6-7,10,21,25,27-28,32-33,41H,4-5,8-9,11-20,22-24H2,1-3H3/t25?,28-,32-,33-/m0/s1. The Morgan fingerprint density at radius 1 is 0.961 bits per heavy atom. The summed E-state index contributed by atoms with van der Waals surface area (Å²) in [5, 5.41) is 4.51. The Morgan fingerprint density at radius 3 is 2.43 bits per heavy atom. The van der Waals surface area contributed by atoms with Gasteiger partial charge >= 0.3 is 0 Å². The summed E-state index contributed by atoms with van der Waals surface area (Å²) in [5.41, 5.74) is 4.00. The van der Waals surface area contributed by atoms with Crippen molar-refractivity contribution in [3.8, 4) is 0 Å². The van der Waals surface area contributed by atoms with E-state index < -0.39 is 29.7 Å². The molecular weight excluding hydrogens is 656 g/mol. The van der Waals surface area contributed by atoms with Crippen LogP contribution in [0.1, 0.15) is 70.8 Å². The molecule has 1 aromatic rings. The molecule has 1 aliphatic carbocycles. The monoisotopic (exact) mass is 709 g/mol. The van der Waals surface area contributed by atoms with Crippen LogP contribution < -0.4 is 5.43 Å². The van der Waals surface area contributed by atoms with Gasteiger partial charge in [-0.1, -0.05) is 19.9 Å². The van der Waals surface area contributed by atoms with Crippen molar-refractivity contribution in [2.45, 2.75) is 89.4 Å². The maximum Gasteiger partial charge on any atom is 0.252 e. The third-order valence-corrected chi connectivity index (χ3v) is 12.1. The molecule has 7 rings (SSSR count). The first kappa shape index (κ1) is 35.8. The van der Waals surface area contributed by atoms with Crippen LogP contribution in [0, 0.1) is 23.0 Å². The van der Waals surface area contributed by atoms with Crippen molar-refractivity contribution in [2.75, 3.05) is 66.0 Å². The molecule has 0 bridgehead atoms. The molecule has 5 heterocycles. The van der Waals surface area contributed by atoms with Crippen molar-refractivity contribution < 1.29 is 27.9 Å². The first-order valence-electron chi connectivity index (χ1n) is 18.9. The average molecular weight is 710 g/mol. The first-order chi connectivity index (χ1) is 24.5. The van der Waals surface area contributed by atoms with E-state index in [1.165, 1.54) is 12.1 Å². The number of nitrogens with zero attached hydrogens (tertiary/aromatic N) is 6. The third kappa shape index (κ3) is 7.51. The highest BCUT2D eigenvalue weighted by Gasteiger charge is 2.50. The normalized spacial score (nSPS) is 28.8. The van der Waals surface area contributed by atoms with E-state index in [9.17, 15) is 23.2 Å². The Bertz CT molecular complexity index is 1540. The molecular formula is C38H53F2N7O4. The number of likely N-dealkylation sites (N-methyl/N-ethyl adjacent to an activating group) is 1. The fourth-order valence-corrected chi connectivity index (χ4v) is 8.98. The molecule has 6 aliphatic rings. The molecule has 5 aliphatic heterocycles. The predicted octanol–water partition coefficient (Wildman–Crippen LogP) is 3.31. The summed E-state index contributed by atoms with van der Waals surface area (Å²) < 4.78 is 34.6. The topological polar surface area (TPSA) is 101 Å². The lowest BCUT2D eigenvalue weighted by Crippen LogP contribution is -2.54. The SMILES string of the molecule is CN1CCN(C(=O)[C@@H]2C[C@H](N(C(=O)[C@@H]3CCCO3)C3CCC(C)(C)CC3)CN2C(=O)C2CCN(C3=NNCC=C3c3ccc(F)cc3F)C2)CC1. The highest BCUT2D eigenvalue weighted by molar-refractivity contribution is 6.23. The van der Waals surface area contributed by atoms with Gasteiger partial charge in [-0.05, 0) is 76.0 Å². The molecule has 13 heteroatoms. The van der Waals surface area contributed by atoms with Gasteiger partial charge in [0.15, 0.2) is 5.84 Å². The fraction of sp³-hybridized carbons (Fsp3) is 0.684. The van der Waals surface area contributed by atoms with Crippen LogP contribution in [-0.2, 0) is 19.1 Å². The van der Waals surface area contributed by atoms with E-state index in [4.69, 9.17) is 4.74 Å². The summed E-state index contributed by atoms with van der Waals surface area (Å²) in [6.07, 6.45) is 7.68. The molecule has 1 saturated carbocycles. The van der Waals surface area contributed by atoms with Crippen LogP contribution in [0.15, 0.2) is 29.4 Å². The van der Waals surface area contributed by atoms with Crippen LogP contribution in [0.5, 0.6) is 0 Å². The van der Waals surface area contributed by atoms with E-state index in [0.717, 1.165) is 51.3 Å². The van der Waals surface area contributed by atoms with Crippen molar-refractivity contribution in [3.05, 3.63) is 41.5 Å². The minimum absolute atomic E-state index is 0.00416. The molecule has 0 spiro atoms. The van der Waals surface area contributed by atoms with E-state index in [1.807, 2.05) is 27.8 Å². The number of carbonyl (C=O) groups is 3. The molecule has 11 nitrogen and oxygen atoms in total. The second kappa shape index (κ2) is 14.8. The van der Waals surface area contributed by atoms with Crippen LogP contribution in [0.2, 0.25) is 0 Å². The molecule has 1 aromatic carbocycles. The Morgan fingerprint density at radius 2 is 1.73 bits per heavy atom. The zero-order chi connectivity index (χ0) is 35.9. The summed E-state index contributed by atoms with van der Waals surface area (Å²) in [7, 11) is 2.05. The van der Waals surface area contributed by atoms with Crippen molar-refractivity contribution >= 4 is 29.1 Å². The number of benzene rings is 1. The summed E-state index contributed by atoms with van der Waals surface area (Å²) >= 11 is 0. The number of rotatable bonds is 6. The van der Waals surface area contributed by atoms with Crippen molar-refractivity contribution in [1.82, 2.24) is 29.9 Å². The fourth-order valence-electron chi connectivity index (χ4n) is 8.98. The number of hydrogen-bond donors (Lipinski definition) is 1. The summed E-state index contributed by atoms with van der Waals surface area (Å²) in [6.45, 7) is 9.48. The highest BCUT2D eigenvalue weighted by atomic mass is 19.1. The van der Waals surface area contributed by atoms with E-state index in [-0.39, 0.29) is 40.8 Å². The Balaban J connectivity index is 1.13. The smallest absolute Gasteiger partial charge is 0.252 e. The van der Waals surface area contributed by atoms with Gasteiger partial charge in [-0.25, -0.2) is 8.78 Å². The molecule has 51 heavy (non-hydrogen) atoms. The number of carbonyl (C=O) groups excluding carboxylic acids is 3. The van der Waals surface area contributed by atoms with Gasteiger partial charge in [0.2, 0.25) is 11.8 Å². The molecule has 0 aromatic heterocycles. The van der Waals surface area contributed by atoms with Gasteiger partial charge in [0.25, 0.3) is 5.91 Å². The van der Waals surface area contributed by atoms with Gasteiger partial charge in [0.1, 0.15) is 23.8 Å². The molecule has 3 amide bonds. The van der Waals surface area contributed by atoms with Crippen LogP contribution in [0.4, 0.5) is 8.78 Å². The minimum Gasteiger partial charge on any atom is -0.368 e. The Labute approximate surface area is 300 Å². The predicted molar refractivity (Wildman–Crippen MR) is 189 cm³/mol. The number of ether oxygens (including phenoxy) is 1. The lowest BCUT2D eigenvalue weighted by molar-refractivity contribution is -0.148. The van der Waals surface area contributed by atoms with Crippen molar-refractivity contribution in [3.63, 3.8) is 0 Å². The van der Waals surface area contributed by atoms with Gasteiger partial charge < -0.3 is 34.7 Å². The Kier molecular flexibility index (Phi) is 10.4. The highest BCUT2D eigenvalue weighted by Crippen LogP contribution is 2.40. The van der Waals surface area contributed by atoms with E-state index in [0.29, 0.717) is 76.5 Å². The number of hydrazone groups is 1. The molecule has 1 N–H and O–H groups in total. The van der Waals surface area contributed by atoms with Gasteiger partial charge in [0.05, 0.1) is 18.5 Å². The molecule has 4 atom stereocenters. The number of halogens is 2. The first-order valence-corrected chi connectivity index (χ1v) is 18.9. The van der Waals surface area contributed by atoms with Gasteiger partial charge in [0, 0.05) is 75.7 Å². The number of hydrogen-bond acceptors (Lipinski definition) is 8. The van der Waals surface area contributed by atoms with Crippen LogP contribution in [0.3, 0.4) is 0 Å². The second-order valence-corrected chi connectivity index (χ2v) is 16.1. The van der Waals surface area contributed by atoms with Crippen LogP contribution >= 0.6 is 0 Å². The van der Waals surface area contributed by atoms with Crippen LogP contribution in [-0.4, -0.2) is 138 Å². The zero-order valence-corrected chi connectivity index (χ0v) is 30.3. The van der Waals surface area contributed by atoms with Crippen molar-refractivity contribution in [2.24, 2.45) is 16.4 Å². The lowest BCUT2D eigenvalue weighted by atomic mass is 9.75. The molecule has 278 valence electrons. The number of nitrogens with one attached hydrogen (secondary N) is 1. The molecule has 5 fully saturated rings. The van der Waals surface area contributed by atoms with Gasteiger partial charge in [-0.2, -0.15) is 5.10 Å². The number of likely N-dealkylation sites (tertiary alicyclic amines) is 2. The maximum atomic E-state index is 14.9. The quantitative estimate of drug-likeness (QED) is 0.484. The number of piperazine rings is 1. The average Bonchev–Trinajstić information content (AvgIpc) is 3.91. The minimum atomic E-state index is -0.667. The lowest BCUT2D eigenvalue weighted by Gasteiger charge is -2.43. The molecule has 0 radical (unpaired) electrons. The van der Waals surface area contributed by atoms with E-state index in [1.54, 1.807) is 4.90 Å². The van der Waals surface area contributed by atoms with Gasteiger partial charge in [-0.3, -0.25) is 14.4 Å². The largest absolute Gasteiger partial charge is 0.368 e. The molecule has 4 saturated heterocycles. The number of amidine groups is 1. The number of amides is 3. The summed E-state index contributed by atoms with van der Waals surface area (Å²) in [6, 6.07) is 2.64. The van der Waals surface area contributed by atoms with Crippen LogP contribution in [0.25, 0.3) is 5.57 Å².